The SMILES string of the molecule is COc1cccc(C(C)N(C(=O)CCc2ncc(-c3ccc(Cl)cc3)o2)c2cnn(C)c2)c1. The maximum atomic E-state index is 13.4. The van der Waals surface area contributed by atoms with E-state index < -0.39 is 0 Å². The van der Waals surface area contributed by atoms with Crippen LogP contribution in [0, 0.1) is 0 Å². The van der Waals surface area contributed by atoms with Crippen LogP contribution >= 0.6 is 11.6 Å². The van der Waals surface area contributed by atoms with E-state index >= 15 is 0 Å². The van der Waals surface area contributed by atoms with Crippen LogP contribution in [0.1, 0.15) is 30.8 Å². The van der Waals surface area contributed by atoms with E-state index in [1.807, 2.05) is 56.6 Å². The van der Waals surface area contributed by atoms with E-state index in [2.05, 4.69) is 10.1 Å². The van der Waals surface area contributed by atoms with Crippen molar-refractivity contribution in [1.29, 1.82) is 0 Å². The van der Waals surface area contributed by atoms with Crippen molar-refractivity contribution in [1.82, 2.24) is 14.8 Å². The molecule has 1 amide bonds. The molecule has 7 nitrogen and oxygen atoms in total. The van der Waals surface area contributed by atoms with Crippen LogP contribution < -0.4 is 9.64 Å². The molecule has 0 aliphatic carbocycles. The maximum Gasteiger partial charge on any atom is 0.228 e. The van der Waals surface area contributed by atoms with Crippen molar-refractivity contribution in [3.8, 4) is 17.1 Å². The highest BCUT2D eigenvalue weighted by Crippen LogP contribution is 2.30. The van der Waals surface area contributed by atoms with Crippen molar-refractivity contribution >= 4 is 23.2 Å². The maximum absolute atomic E-state index is 13.4. The fourth-order valence-electron chi connectivity index (χ4n) is 3.67. The van der Waals surface area contributed by atoms with Gasteiger partial charge in [0.25, 0.3) is 0 Å². The van der Waals surface area contributed by atoms with Gasteiger partial charge in [0.2, 0.25) is 5.91 Å². The summed E-state index contributed by atoms with van der Waals surface area (Å²) < 4.78 is 12.9. The van der Waals surface area contributed by atoms with Gasteiger partial charge in [-0.05, 0) is 48.9 Å². The summed E-state index contributed by atoms with van der Waals surface area (Å²) in [6.45, 7) is 1.99. The normalized spacial score (nSPS) is 11.9. The molecule has 0 fully saturated rings. The van der Waals surface area contributed by atoms with Crippen LogP contribution in [0.2, 0.25) is 5.02 Å². The highest BCUT2D eigenvalue weighted by Gasteiger charge is 2.25. The Morgan fingerprint density at radius 3 is 2.70 bits per heavy atom. The number of rotatable bonds is 8. The number of nitrogens with zero attached hydrogens (tertiary/aromatic N) is 4. The van der Waals surface area contributed by atoms with Gasteiger partial charge in [0.15, 0.2) is 11.7 Å². The van der Waals surface area contributed by atoms with Crippen molar-refractivity contribution in [2.24, 2.45) is 7.05 Å². The van der Waals surface area contributed by atoms with Gasteiger partial charge < -0.3 is 14.1 Å². The lowest BCUT2D eigenvalue weighted by molar-refractivity contribution is -0.119. The Balaban J connectivity index is 1.52. The third-order valence-electron chi connectivity index (χ3n) is 5.44. The molecule has 1 atom stereocenters. The van der Waals surface area contributed by atoms with Gasteiger partial charge in [-0.25, -0.2) is 4.98 Å². The summed E-state index contributed by atoms with van der Waals surface area (Å²) in [5.74, 6) is 1.84. The first-order chi connectivity index (χ1) is 15.9. The molecule has 2 aromatic carbocycles. The Labute approximate surface area is 197 Å². The van der Waals surface area contributed by atoms with Gasteiger partial charge in [-0.3, -0.25) is 9.48 Å². The Bertz CT molecular complexity index is 1230. The van der Waals surface area contributed by atoms with Gasteiger partial charge in [0.05, 0.1) is 31.2 Å². The predicted octanol–water partition coefficient (Wildman–Crippen LogP) is 5.46. The van der Waals surface area contributed by atoms with Crippen LogP contribution in [0.15, 0.2) is 71.5 Å². The topological polar surface area (TPSA) is 73.4 Å². The zero-order chi connectivity index (χ0) is 23.4. The third kappa shape index (κ3) is 5.26. The number of aryl methyl sites for hydroxylation is 2. The summed E-state index contributed by atoms with van der Waals surface area (Å²) in [6, 6.07) is 14.8. The van der Waals surface area contributed by atoms with E-state index in [0.29, 0.717) is 23.1 Å². The smallest absolute Gasteiger partial charge is 0.228 e. The van der Waals surface area contributed by atoms with Crippen molar-refractivity contribution in [2.75, 3.05) is 12.0 Å². The largest absolute Gasteiger partial charge is 0.497 e. The number of benzene rings is 2. The van der Waals surface area contributed by atoms with Crippen LogP contribution in [-0.4, -0.2) is 27.8 Å². The molecule has 0 saturated carbocycles. The summed E-state index contributed by atoms with van der Waals surface area (Å²) in [5.41, 5.74) is 2.58. The fraction of sp³-hybridized carbons (Fsp3) is 0.240. The van der Waals surface area contributed by atoms with Crippen molar-refractivity contribution in [3.63, 3.8) is 0 Å². The van der Waals surface area contributed by atoms with Gasteiger partial charge in [-0.15, -0.1) is 0 Å². The fourth-order valence-corrected chi connectivity index (χ4v) is 3.80. The first-order valence-electron chi connectivity index (χ1n) is 10.6. The standard InChI is InChI=1S/C25H25ClN4O3/c1-17(19-5-4-6-22(13-19)32-3)30(21-14-28-29(2)16-21)25(31)12-11-24-27-15-23(33-24)18-7-9-20(26)10-8-18/h4-10,13-17H,11-12H2,1-3H3. The number of aromatic nitrogens is 3. The molecular weight excluding hydrogens is 440 g/mol. The Kier molecular flexibility index (Phi) is 6.79. The molecular formula is C25H25ClN4O3. The van der Waals surface area contributed by atoms with Crippen LogP contribution in [0.5, 0.6) is 5.75 Å². The second kappa shape index (κ2) is 9.92. The molecule has 0 aliphatic heterocycles. The van der Waals surface area contributed by atoms with E-state index in [9.17, 15) is 4.79 Å². The highest BCUT2D eigenvalue weighted by molar-refractivity contribution is 6.30. The number of oxazole rings is 1. The molecule has 4 aromatic rings. The Morgan fingerprint density at radius 1 is 1.21 bits per heavy atom. The van der Waals surface area contributed by atoms with Crippen LogP contribution in [0.4, 0.5) is 5.69 Å². The van der Waals surface area contributed by atoms with E-state index in [0.717, 1.165) is 22.6 Å². The molecule has 0 spiro atoms. The minimum atomic E-state index is -0.217. The molecule has 4 rings (SSSR count). The zero-order valence-electron chi connectivity index (χ0n) is 18.7. The molecule has 0 aliphatic rings. The van der Waals surface area contributed by atoms with Gasteiger partial charge in [-0.1, -0.05) is 23.7 Å². The number of ether oxygens (including phenoxy) is 1. The van der Waals surface area contributed by atoms with E-state index in [1.165, 1.54) is 0 Å². The molecule has 170 valence electrons. The van der Waals surface area contributed by atoms with Crippen LogP contribution in [0.3, 0.4) is 0 Å². The molecule has 0 bridgehead atoms. The number of methoxy groups -OCH3 is 1. The molecule has 8 heteroatoms. The zero-order valence-corrected chi connectivity index (χ0v) is 19.5. The minimum Gasteiger partial charge on any atom is -0.497 e. The number of carbonyl (C=O) groups is 1. The molecule has 2 aromatic heterocycles. The predicted molar refractivity (Wildman–Crippen MR) is 127 cm³/mol. The van der Waals surface area contributed by atoms with E-state index in [4.69, 9.17) is 20.8 Å². The summed E-state index contributed by atoms with van der Waals surface area (Å²) in [5, 5.41) is 4.91. The van der Waals surface area contributed by atoms with E-state index in [-0.39, 0.29) is 18.4 Å². The lowest BCUT2D eigenvalue weighted by atomic mass is 10.1. The number of amides is 1. The lowest BCUT2D eigenvalue weighted by Gasteiger charge is -2.28. The van der Waals surface area contributed by atoms with Crippen LogP contribution in [0.25, 0.3) is 11.3 Å². The number of hydrogen-bond donors (Lipinski definition) is 0. The average molecular weight is 465 g/mol. The lowest BCUT2D eigenvalue weighted by Crippen LogP contribution is -2.33. The number of halogens is 1. The minimum absolute atomic E-state index is 0.0513. The molecule has 0 saturated heterocycles. The number of carbonyl (C=O) groups excluding carboxylic acids is 1. The first-order valence-corrected chi connectivity index (χ1v) is 11.0. The second-order valence-electron chi connectivity index (χ2n) is 7.71. The molecule has 2 heterocycles. The van der Waals surface area contributed by atoms with Gasteiger partial charge >= 0.3 is 0 Å². The highest BCUT2D eigenvalue weighted by atomic mass is 35.5. The summed E-state index contributed by atoms with van der Waals surface area (Å²) in [4.78, 5) is 19.5. The summed E-state index contributed by atoms with van der Waals surface area (Å²) in [6.07, 6.45) is 5.81. The summed E-state index contributed by atoms with van der Waals surface area (Å²) >= 11 is 5.96. The molecule has 1 unspecified atom stereocenters. The molecule has 0 radical (unpaired) electrons. The van der Waals surface area contributed by atoms with Crippen molar-refractivity contribution in [3.05, 3.63) is 83.6 Å². The monoisotopic (exact) mass is 464 g/mol. The van der Waals surface area contributed by atoms with Crippen molar-refractivity contribution in [2.45, 2.75) is 25.8 Å². The summed E-state index contributed by atoms with van der Waals surface area (Å²) in [7, 11) is 3.45. The molecule has 33 heavy (non-hydrogen) atoms. The van der Waals surface area contributed by atoms with E-state index in [1.54, 1.807) is 41.2 Å². The Morgan fingerprint density at radius 2 is 2.00 bits per heavy atom. The molecule has 0 N–H and O–H groups in total. The third-order valence-corrected chi connectivity index (χ3v) is 5.69. The van der Waals surface area contributed by atoms with Crippen molar-refractivity contribution < 1.29 is 13.9 Å². The average Bonchev–Trinajstić information content (AvgIpc) is 3.47. The van der Waals surface area contributed by atoms with Gasteiger partial charge in [0, 0.05) is 36.7 Å². The second-order valence-corrected chi connectivity index (χ2v) is 8.15. The number of anilines is 1. The van der Waals surface area contributed by atoms with Gasteiger partial charge in [0.1, 0.15) is 5.75 Å². The number of hydrogen-bond acceptors (Lipinski definition) is 5. The first kappa shape index (κ1) is 22.6. The quantitative estimate of drug-likeness (QED) is 0.346. The van der Waals surface area contributed by atoms with Gasteiger partial charge in [-0.2, -0.15) is 5.10 Å². The Hall–Kier alpha value is -3.58. The van der Waals surface area contributed by atoms with Crippen LogP contribution in [-0.2, 0) is 18.3 Å².